The molecular formula is C14H16ClN3OS. The summed E-state index contributed by atoms with van der Waals surface area (Å²) in [6.07, 6.45) is 0. The number of nitriles is 1. The second-order valence-corrected chi connectivity index (χ2v) is 6.13. The Balaban J connectivity index is 2.03. The Morgan fingerprint density at radius 3 is 2.95 bits per heavy atom. The lowest BCUT2D eigenvalue weighted by Crippen LogP contribution is -2.43. The van der Waals surface area contributed by atoms with Gasteiger partial charge in [0.1, 0.15) is 6.54 Å². The number of hydrogen-bond acceptors (Lipinski definition) is 4. The molecule has 1 fully saturated rings. The quantitative estimate of drug-likeness (QED) is 0.865. The molecule has 1 aliphatic heterocycles. The van der Waals surface area contributed by atoms with Crippen LogP contribution in [0.15, 0.2) is 24.3 Å². The van der Waals surface area contributed by atoms with Crippen LogP contribution in [-0.2, 0) is 4.79 Å². The lowest BCUT2D eigenvalue weighted by Gasteiger charge is -2.35. The molecular weight excluding hydrogens is 294 g/mol. The Kier molecular flexibility index (Phi) is 5.72. The van der Waals surface area contributed by atoms with Gasteiger partial charge in [0.05, 0.1) is 12.6 Å². The molecule has 0 spiro atoms. The lowest BCUT2D eigenvalue weighted by molar-refractivity contribution is -0.122. The zero-order valence-electron chi connectivity index (χ0n) is 11.0. The molecule has 0 saturated carbocycles. The van der Waals surface area contributed by atoms with E-state index in [0.717, 1.165) is 23.1 Å². The van der Waals surface area contributed by atoms with Crippen LogP contribution < -0.4 is 5.32 Å². The number of thioether (sulfide) groups is 1. The molecule has 1 aromatic carbocycles. The van der Waals surface area contributed by atoms with Gasteiger partial charge >= 0.3 is 0 Å². The topological polar surface area (TPSA) is 56.1 Å². The van der Waals surface area contributed by atoms with Crippen molar-refractivity contribution >= 4 is 29.3 Å². The van der Waals surface area contributed by atoms with Crippen LogP contribution in [0.4, 0.5) is 0 Å². The molecule has 1 aromatic rings. The van der Waals surface area contributed by atoms with E-state index < -0.39 is 0 Å². The summed E-state index contributed by atoms with van der Waals surface area (Å²) in [4.78, 5) is 13.9. The summed E-state index contributed by atoms with van der Waals surface area (Å²) < 4.78 is 0. The number of halogens is 1. The van der Waals surface area contributed by atoms with E-state index in [4.69, 9.17) is 16.9 Å². The van der Waals surface area contributed by atoms with Gasteiger partial charge in [-0.2, -0.15) is 17.0 Å². The number of nitrogens with one attached hydrogen (secondary N) is 1. The summed E-state index contributed by atoms with van der Waals surface area (Å²) in [5, 5.41) is 11.8. The molecule has 0 aliphatic carbocycles. The molecule has 0 radical (unpaired) electrons. The van der Waals surface area contributed by atoms with Crippen LogP contribution in [0.5, 0.6) is 0 Å². The van der Waals surface area contributed by atoms with Gasteiger partial charge in [-0.15, -0.1) is 0 Å². The normalized spacial score (nSPS) is 19.3. The second kappa shape index (κ2) is 7.53. The van der Waals surface area contributed by atoms with Crippen molar-refractivity contribution in [1.29, 1.82) is 5.26 Å². The number of nitrogens with zero attached hydrogens (tertiary/aromatic N) is 2. The molecule has 1 amide bonds. The van der Waals surface area contributed by atoms with Crippen LogP contribution in [0.1, 0.15) is 11.6 Å². The first-order chi connectivity index (χ1) is 9.70. The molecule has 2 rings (SSSR count). The average Bonchev–Trinajstić information content (AvgIpc) is 2.47. The smallest absolute Gasteiger partial charge is 0.235 e. The van der Waals surface area contributed by atoms with Crippen LogP contribution in [-0.4, -0.2) is 41.9 Å². The maximum Gasteiger partial charge on any atom is 0.235 e. The van der Waals surface area contributed by atoms with Crippen molar-refractivity contribution in [3.63, 3.8) is 0 Å². The zero-order valence-corrected chi connectivity index (χ0v) is 12.6. The molecule has 1 N–H and O–H groups in total. The maximum atomic E-state index is 11.8. The van der Waals surface area contributed by atoms with Crippen molar-refractivity contribution in [2.75, 3.05) is 31.1 Å². The van der Waals surface area contributed by atoms with Crippen LogP contribution in [0, 0.1) is 11.3 Å². The summed E-state index contributed by atoms with van der Waals surface area (Å²) in [6, 6.07) is 9.92. The van der Waals surface area contributed by atoms with Crippen molar-refractivity contribution in [3.8, 4) is 6.07 Å². The minimum Gasteiger partial charge on any atom is -0.342 e. The van der Waals surface area contributed by atoms with E-state index in [1.807, 2.05) is 42.1 Å². The van der Waals surface area contributed by atoms with Crippen molar-refractivity contribution in [3.05, 3.63) is 34.9 Å². The Morgan fingerprint density at radius 1 is 1.50 bits per heavy atom. The Morgan fingerprint density at radius 2 is 2.25 bits per heavy atom. The number of benzene rings is 1. The van der Waals surface area contributed by atoms with Crippen LogP contribution in [0.2, 0.25) is 5.02 Å². The average molecular weight is 310 g/mol. The summed E-state index contributed by atoms with van der Waals surface area (Å²) in [5.74, 6) is 1.89. The summed E-state index contributed by atoms with van der Waals surface area (Å²) in [6.45, 7) is 1.26. The minimum absolute atomic E-state index is 0.0625. The van der Waals surface area contributed by atoms with E-state index in [-0.39, 0.29) is 18.5 Å². The standard InChI is InChI=1S/C14H16ClN3OS/c15-12-3-1-11(2-4-12)13-10-20-8-7-18(13)9-14(19)17-6-5-16/h1-4,13H,6-10H2,(H,17,19). The van der Waals surface area contributed by atoms with E-state index in [0.29, 0.717) is 6.54 Å². The molecule has 1 aliphatic rings. The number of carbonyl (C=O) groups is 1. The molecule has 1 atom stereocenters. The predicted octanol–water partition coefficient (Wildman–Crippen LogP) is 2.07. The van der Waals surface area contributed by atoms with Gasteiger partial charge in [0.15, 0.2) is 0 Å². The monoisotopic (exact) mass is 309 g/mol. The third-order valence-electron chi connectivity index (χ3n) is 3.21. The Hall–Kier alpha value is -1.22. The van der Waals surface area contributed by atoms with E-state index in [2.05, 4.69) is 10.2 Å². The number of carbonyl (C=O) groups excluding carboxylic acids is 1. The van der Waals surface area contributed by atoms with Crippen LogP contribution >= 0.6 is 23.4 Å². The number of amides is 1. The fourth-order valence-corrected chi connectivity index (χ4v) is 3.48. The molecule has 1 saturated heterocycles. The van der Waals surface area contributed by atoms with Crippen molar-refractivity contribution in [2.24, 2.45) is 0 Å². The molecule has 4 nitrogen and oxygen atoms in total. The highest BCUT2D eigenvalue weighted by molar-refractivity contribution is 7.99. The SMILES string of the molecule is N#CCNC(=O)CN1CCSCC1c1ccc(Cl)cc1. The van der Waals surface area contributed by atoms with E-state index in [9.17, 15) is 4.79 Å². The number of rotatable bonds is 4. The van der Waals surface area contributed by atoms with E-state index >= 15 is 0 Å². The second-order valence-electron chi connectivity index (χ2n) is 4.55. The fraction of sp³-hybridized carbons (Fsp3) is 0.429. The van der Waals surface area contributed by atoms with Gasteiger partial charge in [-0.1, -0.05) is 23.7 Å². The third-order valence-corrected chi connectivity index (χ3v) is 4.48. The molecule has 0 aromatic heterocycles. The molecule has 6 heteroatoms. The van der Waals surface area contributed by atoms with Gasteiger partial charge in [-0.05, 0) is 17.7 Å². The predicted molar refractivity (Wildman–Crippen MR) is 81.7 cm³/mol. The first kappa shape index (κ1) is 15.2. The summed E-state index contributed by atoms with van der Waals surface area (Å²) >= 11 is 7.81. The largest absolute Gasteiger partial charge is 0.342 e. The summed E-state index contributed by atoms with van der Waals surface area (Å²) in [5.41, 5.74) is 1.18. The van der Waals surface area contributed by atoms with E-state index in [1.54, 1.807) is 0 Å². The van der Waals surface area contributed by atoms with Crippen molar-refractivity contribution in [1.82, 2.24) is 10.2 Å². The Labute approximate surface area is 128 Å². The first-order valence-corrected chi connectivity index (χ1v) is 7.95. The van der Waals surface area contributed by atoms with Gasteiger partial charge in [0.25, 0.3) is 0 Å². The molecule has 106 valence electrons. The number of hydrogen-bond donors (Lipinski definition) is 1. The fourth-order valence-electron chi connectivity index (χ4n) is 2.20. The van der Waals surface area contributed by atoms with Crippen molar-refractivity contribution < 1.29 is 4.79 Å². The Bertz CT molecular complexity index is 500. The van der Waals surface area contributed by atoms with Gasteiger partial charge < -0.3 is 5.32 Å². The molecule has 20 heavy (non-hydrogen) atoms. The zero-order chi connectivity index (χ0) is 14.4. The van der Waals surface area contributed by atoms with Crippen LogP contribution in [0.25, 0.3) is 0 Å². The van der Waals surface area contributed by atoms with Crippen molar-refractivity contribution in [2.45, 2.75) is 6.04 Å². The van der Waals surface area contributed by atoms with Gasteiger partial charge in [0, 0.05) is 29.1 Å². The minimum atomic E-state index is -0.0996. The van der Waals surface area contributed by atoms with Gasteiger partial charge in [0.2, 0.25) is 5.91 Å². The molecule has 0 bridgehead atoms. The highest BCUT2D eigenvalue weighted by Crippen LogP contribution is 2.29. The van der Waals surface area contributed by atoms with Gasteiger partial charge in [-0.25, -0.2) is 0 Å². The highest BCUT2D eigenvalue weighted by Gasteiger charge is 2.25. The molecule has 1 heterocycles. The highest BCUT2D eigenvalue weighted by atomic mass is 35.5. The van der Waals surface area contributed by atoms with E-state index in [1.165, 1.54) is 5.56 Å². The third kappa shape index (κ3) is 4.14. The lowest BCUT2D eigenvalue weighted by atomic mass is 10.1. The molecule has 1 unspecified atom stereocenters. The van der Waals surface area contributed by atoms with Gasteiger partial charge in [-0.3, -0.25) is 9.69 Å². The summed E-state index contributed by atoms with van der Waals surface area (Å²) in [7, 11) is 0. The first-order valence-electron chi connectivity index (χ1n) is 6.41. The van der Waals surface area contributed by atoms with Crippen LogP contribution in [0.3, 0.4) is 0 Å². The maximum absolute atomic E-state index is 11.8.